The number of carboxylic acids is 1. The first-order valence-electron chi connectivity index (χ1n) is 3.46. The molecule has 0 aliphatic heterocycles. The van der Waals surface area contributed by atoms with Crippen LogP contribution in [0.2, 0.25) is 0 Å². The Hall–Kier alpha value is -1.35. The van der Waals surface area contributed by atoms with Crippen LogP contribution in [0, 0.1) is 0 Å². The molecular formula is C9H5O2S-. The molecule has 3 heteroatoms. The number of benzene rings is 1. The molecule has 1 aromatic heterocycles. The van der Waals surface area contributed by atoms with Crippen molar-refractivity contribution in [1.82, 2.24) is 0 Å². The molecule has 1 aromatic carbocycles. The molecule has 0 radical (unpaired) electrons. The molecule has 60 valence electrons. The third-order valence-electron chi connectivity index (χ3n) is 1.69. The van der Waals surface area contributed by atoms with Crippen molar-refractivity contribution in [3.8, 4) is 0 Å². The number of carboxylic acid groups (broad SMARTS) is 1. The van der Waals surface area contributed by atoms with E-state index in [1.165, 1.54) is 0 Å². The third kappa shape index (κ3) is 1.08. The number of fused-ring (bicyclic) bond motifs is 1. The molecule has 0 amide bonds. The van der Waals surface area contributed by atoms with E-state index >= 15 is 0 Å². The topological polar surface area (TPSA) is 40.1 Å². The Morgan fingerprint density at radius 1 is 1.33 bits per heavy atom. The van der Waals surface area contributed by atoms with Gasteiger partial charge in [0.1, 0.15) is 0 Å². The van der Waals surface area contributed by atoms with Crippen molar-refractivity contribution in [1.29, 1.82) is 0 Å². The van der Waals surface area contributed by atoms with Gasteiger partial charge in [0.25, 0.3) is 0 Å². The van der Waals surface area contributed by atoms with Crippen molar-refractivity contribution in [2.45, 2.75) is 0 Å². The first kappa shape index (κ1) is 7.31. The standard InChI is InChI=1S/C9H6O2S/c10-9(11)7-1-2-8-6(5-7)3-4-12-8/h1-5H,(H,10,11)/p-1. The molecule has 2 rings (SSSR count). The molecule has 0 saturated heterocycles. The molecule has 2 aromatic rings. The number of carbonyl (C=O) groups is 1. The van der Waals surface area contributed by atoms with E-state index < -0.39 is 5.97 Å². The van der Waals surface area contributed by atoms with Crippen LogP contribution in [0.5, 0.6) is 0 Å². The summed E-state index contributed by atoms with van der Waals surface area (Å²) in [6.07, 6.45) is 0. The molecule has 0 bridgehead atoms. The summed E-state index contributed by atoms with van der Waals surface area (Å²) in [5.74, 6) is -1.12. The van der Waals surface area contributed by atoms with Crippen molar-refractivity contribution in [2.75, 3.05) is 0 Å². The maximum atomic E-state index is 10.5. The van der Waals surface area contributed by atoms with Gasteiger partial charge in [-0.3, -0.25) is 0 Å². The number of hydrogen-bond donors (Lipinski definition) is 0. The largest absolute Gasteiger partial charge is 0.545 e. The Morgan fingerprint density at radius 2 is 2.17 bits per heavy atom. The van der Waals surface area contributed by atoms with Gasteiger partial charge in [-0.2, -0.15) is 0 Å². The number of rotatable bonds is 1. The second kappa shape index (κ2) is 2.60. The summed E-state index contributed by atoms with van der Waals surface area (Å²) in [5.41, 5.74) is 0.237. The highest BCUT2D eigenvalue weighted by Crippen LogP contribution is 2.21. The van der Waals surface area contributed by atoms with E-state index in [4.69, 9.17) is 0 Å². The Labute approximate surface area is 73.1 Å². The highest BCUT2D eigenvalue weighted by atomic mass is 32.1. The van der Waals surface area contributed by atoms with E-state index in [9.17, 15) is 9.90 Å². The van der Waals surface area contributed by atoms with Gasteiger partial charge < -0.3 is 9.90 Å². The van der Waals surface area contributed by atoms with Crippen LogP contribution in [0.15, 0.2) is 29.6 Å². The summed E-state index contributed by atoms with van der Waals surface area (Å²) >= 11 is 1.59. The van der Waals surface area contributed by atoms with Crippen LogP contribution in [0.4, 0.5) is 0 Å². The predicted molar refractivity (Wildman–Crippen MR) is 46.2 cm³/mol. The second-order valence-electron chi connectivity index (χ2n) is 2.46. The molecule has 0 N–H and O–H groups in total. The Balaban J connectivity index is 2.68. The van der Waals surface area contributed by atoms with Gasteiger partial charge in [-0.25, -0.2) is 0 Å². The van der Waals surface area contributed by atoms with E-state index in [0.29, 0.717) is 0 Å². The SMILES string of the molecule is O=C([O-])c1ccc2sccc2c1. The lowest BCUT2D eigenvalue weighted by Gasteiger charge is -2.00. The van der Waals surface area contributed by atoms with Crippen LogP contribution in [0.25, 0.3) is 10.1 Å². The molecule has 0 unspecified atom stereocenters. The maximum absolute atomic E-state index is 10.5. The van der Waals surface area contributed by atoms with Gasteiger partial charge in [-0.1, -0.05) is 6.07 Å². The summed E-state index contributed by atoms with van der Waals surface area (Å²) in [6, 6.07) is 6.88. The van der Waals surface area contributed by atoms with Crippen LogP contribution < -0.4 is 5.11 Å². The monoisotopic (exact) mass is 177 g/mol. The average molecular weight is 177 g/mol. The molecular weight excluding hydrogens is 172 g/mol. The van der Waals surface area contributed by atoms with Crippen LogP contribution in [0.3, 0.4) is 0 Å². The Kier molecular flexibility index (Phi) is 1.59. The van der Waals surface area contributed by atoms with Crippen LogP contribution in [-0.2, 0) is 0 Å². The Bertz CT molecular complexity index is 431. The van der Waals surface area contributed by atoms with Gasteiger partial charge in [-0.05, 0) is 34.5 Å². The minimum Gasteiger partial charge on any atom is -0.545 e. The fourth-order valence-corrected chi connectivity index (χ4v) is 1.86. The zero-order chi connectivity index (χ0) is 8.55. The lowest BCUT2D eigenvalue weighted by molar-refractivity contribution is -0.255. The molecule has 0 aliphatic carbocycles. The smallest absolute Gasteiger partial charge is 0.0715 e. The molecule has 0 fully saturated rings. The summed E-state index contributed by atoms with van der Waals surface area (Å²) < 4.78 is 1.10. The van der Waals surface area contributed by atoms with Crippen molar-refractivity contribution in [2.24, 2.45) is 0 Å². The van der Waals surface area contributed by atoms with Crippen molar-refractivity contribution >= 4 is 27.4 Å². The molecule has 0 spiro atoms. The van der Waals surface area contributed by atoms with E-state index in [-0.39, 0.29) is 5.56 Å². The van der Waals surface area contributed by atoms with E-state index in [2.05, 4.69) is 0 Å². The lowest BCUT2D eigenvalue weighted by atomic mass is 10.2. The minimum atomic E-state index is -1.12. The molecule has 2 nitrogen and oxygen atoms in total. The van der Waals surface area contributed by atoms with E-state index in [0.717, 1.165) is 10.1 Å². The van der Waals surface area contributed by atoms with E-state index in [1.807, 2.05) is 11.4 Å². The second-order valence-corrected chi connectivity index (χ2v) is 3.41. The molecule has 0 saturated carbocycles. The predicted octanol–water partition coefficient (Wildman–Crippen LogP) is 1.26. The van der Waals surface area contributed by atoms with Crippen molar-refractivity contribution in [3.63, 3.8) is 0 Å². The molecule has 0 aliphatic rings. The third-order valence-corrected chi connectivity index (χ3v) is 2.59. The summed E-state index contributed by atoms with van der Waals surface area (Å²) in [4.78, 5) is 10.5. The quantitative estimate of drug-likeness (QED) is 0.658. The van der Waals surface area contributed by atoms with Crippen molar-refractivity contribution < 1.29 is 9.90 Å². The normalized spacial score (nSPS) is 10.3. The van der Waals surface area contributed by atoms with Crippen LogP contribution >= 0.6 is 11.3 Å². The number of carbonyl (C=O) groups excluding carboxylic acids is 1. The van der Waals surface area contributed by atoms with E-state index in [1.54, 1.807) is 29.5 Å². The minimum absolute atomic E-state index is 0.237. The molecule has 12 heavy (non-hydrogen) atoms. The molecule has 1 heterocycles. The zero-order valence-electron chi connectivity index (χ0n) is 6.11. The Morgan fingerprint density at radius 3 is 2.92 bits per heavy atom. The molecule has 0 atom stereocenters. The van der Waals surface area contributed by atoms with Gasteiger partial charge in [0, 0.05) is 4.70 Å². The fourth-order valence-electron chi connectivity index (χ4n) is 1.09. The summed E-state index contributed by atoms with van der Waals surface area (Å²) in [7, 11) is 0. The van der Waals surface area contributed by atoms with Crippen LogP contribution in [0.1, 0.15) is 10.4 Å². The van der Waals surface area contributed by atoms with Crippen molar-refractivity contribution in [3.05, 3.63) is 35.2 Å². The number of thiophene rings is 1. The highest BCUT2D eigenvalue weighted by Gasteiger charge is 1.96. The number of aromatic carboxylic acids is 1. The van der Waals surface area contributed by atoms with Gasteiger partial charge in [0.15, 0.2) is 0 Å². The zero-order valence-corrected chi connectivity index (χ0v) is 6.93. The first-order chi connectivity index (χ1) is 5.77. The highest BCUT2D eigenvalue weighted by molar-refractivity contribution is 7.17. The lowest BCUT2D eigenvalue weighted by Crippen LogP contribution is -2.21. The van der Waals surface area contributed by atoms with Gasteiger partial charge in [0.2, 0.25) is 0 Å². The average Bonchev–Trinajstić information content (AvgIpc) is 2.49. The fraction of sp³-hybridized carbons (Fsp3) is 0. The van der Waals surface area contributed by atoms with Gasteiger partial charge in [0.05, 0.1) is 5.97 Å². The van der Waals surface area contributed by atoms with Gasteiger partial charge in [-0.15, -0.1) is 11.3 Å². The summed E-state index contributed by atoms with van der Waals surface area (Å²) in [5, 5.41) is 13.4. The maximum Gasteiger partial charge on any atom is 0.0715 e. The van der Waals surface area contributed by atoms with Gasteiger partial charge >= 0.3 is 0 Å². The first-order valence-corrected chi connectivity index (χ1v) is 4.34. The van der Waals surface area contributed by atoms with Crippen LogP contribution in [-0.4, -0.2) is 5.97 Å². The summed E-state index contributed by atoms with van der Waals surface area (Å²) in [6.45, 7) is 0. The number of hydrogen-bond acceptors (Lipinski definition) is 3.